The molecule has 102 valence electrons. The smallest absolute Gasteiger partial charge is 0.0106 e. The molecule has 0 aliphatic carbocycles. The molecule has 0 aromatic heterocycles. The average molecular weight is 234 g/mol. The molecule has 4 heteroatoms. The lowest BCUT2D eigenvalue weighted by molar-refractivity contribution is 0.253. The topological polar surface area (TPSA) is 30.5 Å². The molecule has 0 amide bonds. The second-order valence-corrected chi connectivity index (χ2v) is 4.52. The summed E-state index contributed by atoms with van der Waals surface area (Å²) in [5.74, 6) is 0. The van der Waals surface area contributed by atoms with Gasteiger partial charge < -0.3 is 20.4 Å². The van der Waals surface area contributed by atoms with Gasteiger partial charge in [0.1, 0.15) is 0 Å². The van der Waals surface area contributed by atoms with Crippen molar-refractivity contribution in [2.45, 2.75) is 12.8 Å². The Hall–Kier alpha value is -0.160. The van der Waals surface area contributed by atoms with Crippen LogP contribution in [0, 0.1) is 0 Å². The summed E-state index contributed by atoms with van der Waals surface area (Å²) < 4.78 is 0. The standard InChI is InChI=1S/C12H30N4.2H2/c1-13-7-5-9-15(3)11-12-16(4)10-6-8-14-2;;/h13-14H,5-12H2,1-4H3;2*1H. The zero-order valence-corrected chi connectivity index (χ0v) is 11.6. The molecule has 0 rings (SSSR count). The molecule has 0 heterocycles. The monoisotopic (exact) mass is 234 g/mol. The van der Waals surface area contributed by atoms with Crippen molar-refractivity contribution in [3.63, 3.8) is 0 Å². The van der Waals surface area contributed by atoms with Crippen LogP contribution >= 0.6 is 0 Å². The molecule has 4 nitrogen and oxygen atoms in total. The lowest BCUT2D eigenvalue weighted by Gasteiger charge is -2.21. The predicted molar refractivity (Wildman–Crippen MR) is 76.3 cm³/mol. The van der Waals surface area contributed by atoms with E-state index in [9.17, 15) is 0 Å². The predicted octanol–water partition coefficient (Wildman–Crippen LogP) is 0.561. The van der Waals surface area contributed by atoms with Crippen LogP contribution in [0.15, 0.2) is 0 Å². The third-order valence-electron chi connectivity index (χ3n) is 2.80. The minimum absolute atomic E-state index is 0. The SMILES string of the molecule is CNCCCN(C)CCN(C)CCCNC.[HH].[HH]. The van der Waals surface area contributed by atoms with Gasteiger partial charge in [-0.05, 0) is 67.2 Å². The van der Waals surface area contributed by atoms with E-state index in [0.29, 0.717) is 0 Å². The largest absolute Gasteiger partial charge is 0.320 e. The van der Waals surface area contributed by atoms with E-state index in [1.54, 1.807) is 0 Å². The highest BCUT2D eigenvalue weighted by atomic mass is 15.2. The fourth-order valence-corrected chi connectivity index (χ4v) is 1.62. The molecule has 0 bridgehead atoms. The summed E-state index contributed by atoms with van der Waals surface area (Å²) in [7, 11) is 8.43. The maximum atomic E-state index is 3.18. The summed E-state index contributed by atoms with van der Waals surface area (Å²) in [6.45, 7) is 6.93. The minimum atomic E-state index is 0. The second-order valence-electron chi connectivity index (χ2n) is 4.52. The van der Waals surface area contributed by atoms with E-state index < -0.39 is 0 Å². The Balaban J connectivity index is -0.00000112. The summed E-state index contributed by atoms with van der Waals surface area (Å²) >= 11 is 0. The number of hydrogen-bond donors (Lipinski definition) is 2. The molecular weight excluding hydrogens is 200 g/mol. The number of rotatable bonds is 11. The maximum absolute atomic E-state index is 3.18. The average Bonchev–Trinajstić information content (AvgIpc) is 2.27. The van der Waals surface area contributed by atoms with E-state index >= 15 is 0 Å². The van der Waals surface area contributed by atoms with Crippen LogP contribution in [0.4, 0.5) is 0 Å². The van der Waals surface area contributed by atoms with Crippen LogP contribution in [0.25, 0.3) is 0 Å². The van der Waals surface area contributed by atoms with Gasteiger partial charge in [0, 0.05) is 15.9 Å². The van der Waals surface area contributed by atoms with Crippen molar-refractivity contribution in [3.8, 4) is 0 Å². The quantitative estimate of drug-likeness (QED) is 0.512. The van der Waals surface area contributed by atoms with E-state index in [-0.39, 0.29) is 2.85 Å². The Morgan fingerprint density at radius 3 is 1.44 bits per heavy atom. The first-order valence-electron chi connectivity index (χ1n) is 6.37. The fourth-order valence-electron chi connectivity index (χ4n) is 1.62. The zero-order chi connectivity index (χ0) is 12.2. The molecule has 0 aromatic carbocycles. The Labute approximate surface area is 104 Å². The Kier molecular flexibility index (Phi) is 11.2. The van der Waals surface area contributed by atoms with Gasteiger partial charge >= 0.3 is 0 Å². The van der Waals surface area contributed by atoms with Crippen molar-refractivity contribution in [2.75, 3.05) is 67.5 Å². The summed E-state index contributed by atoms with van der Waals surface area (Å²) in [5.41, 5.74) is 0. The van der Waals surface area contributed by atoms with E-state index in [1.807, 2.05) is 14.1 Å². The normalized spacial score (nSPS) is 11.6. The maximum Gasteiger partial charge on any atom is 0.0106 e. The number of nitrogens with zero attached hydrogens (tertiary/aromatic N) is 2. The molecule has 0 atom stereocenters. The molecule has 0 unspecified atom stereocenters. The fraction of sp³-hybridized carbons (Fsp3) is 1.00. The molecule has 0 aliphatic rings. The zero-order valence-electron chi connectivity index (χ0n) is 11.6. The molecule has 0 fully saturated rings. The third kappa shape index (κ3) is 10.4. The molecule has 0 saturated carbocycles. The Morgan fingerprint density at radius 2 is 1.12 bits per heavy atom. The highest BCUT2D eigenvalue weighted by Gasteiger charge is 2.01. The van der Waals surface area contributed by atoms with E-state index in [0.717, 1.165) is 13.1 Å². The van der Waals surface area contributed by atoms with Crippen LogP contribution in [0.5, 0.6) is 0 Å². The van der Waals surface area contributed by atoms with Gasteiger partial charge in [-0.3, -0.25) is 0 Å². The summed E-state index contributed by atoms with van der Waals surface area (Å²) in [6, 6.07) is 0. The van der Waals surface area contributed by atoms with Crippen molar-refractivity contribution in [1.82, 2.24) is 20.4 Å². The molecule has 0 spiro atoms. The van der Waals surface area contributed by atoms with Gasteiger partial charge in [0.15, 0.2) is 0 Å². The van der Waals surface area contributed by atoms with E-state index in [4.69, 9.17) is 0 Å². The molecule has 0 radical (unpaired) electrons. The molecule has 0 aromatic rings. The van der Waals surface area contributed by atoms with Gasteiger partial charge in [-0.1, -0.05) is 0 Å². The molecular formula is C12H34N4. The van der Waals surface area contributed by atoms with Crippen LogP contribution in [0.3, 0.4) is 0 Å². The van der Waals surface area contributed by atoms with E-state index in [2.05, 4.69) is 34.5 Å². The van der Waals surface area contributed by atoms with Crippen LogP contribution in [-0.4, -0.2) is 77.3 Å². The third-order valence-corrected chi connectivity index (χ3v) is 2.80. The van der Waals surface area contributed by atoms with Crippen molar-refractivity contribution in [3.05, 3.63) is 0 Å². The molecule has 0 aliphatic heterocycles. The van der Waals surface area contributed by atoms with Gasteiger partial charge in [-0.2, -0.15) is 0 Å². The number of hydrogen-bond acceptors (Lipinski definition) is 4. The van der Waals surface area contributed by atoms with Gasteiger partial charge in [0.2, 0.25) is 0 Å². The summed E-state index contributed by atoms with van der Waals surface area (Å²) in [4.78, 5) is 4.82. The first-order valence-corrected chi connectivity index (χ1v) is 6.37. The molecule has 0 saturated heterocycles. The summed E-state index contributed by atoms with van der Waals surface area (Å²) in [5, 5.41) is 6.36. The van der Waals surface area contributed by atoms with Gasteiger partial charge in [0.05, 0.1) is 0 Å². The highest BCUT2D eigenvalue weighted by molar-refractivity contribution is 4.58. The number of nitrogens with one attached hydrogen (secondary N) is 2. The first-order chi connectivity index (χ1) is 7.70. The van der Waals surface area contributed by atoms with Gasteiger partial charge in [-0.25, -0.2) is 0 Å². The van der Waals surface area contributed by atoms with Crippen LogP contribution in [0.1, 0.15) is 15.7 Å². The van der Waals surface area contributed by atoms with Crippen molar-refractivity contribution < 1.29 is 2.85 Å². The lowest BCUT2D eigenvalue weighted by Crippen LogP contribution is -2.33. The Morgan fingerprint density at radius 1 is 0.750 bits per heavy atom. The highest BCUT2D eigenvalue weighted by Crippen LogP contribution is 1.90. The van der Waals surface area contributed by atoms with Crippen LogP contribution in [-0.2, 0) is 0 Å². The van der Waals surface area contributed by atoms with Crippen molar-refractivity contribution >= 4 is 0 Å². The van der Waals surface area contributed by atoms with Crippen molar-refractivity contribution in [2.24, 2.45) is 0 Å². The minimum Gasteiger partial charge on any atom is -0.320 e. The second kappa shape index (κ2) is 11.3. The summed E-state index contributed by atoms with van der Waals surface area (Å²) in [6.07, 6.45) is 2.47. The molecule has 16 heavy (non-hydrogen) atoms. The van der Waals surface area contributed by atoms with E-state index in [1.165, 1.54) is 39.0 Å². The number of likely N-dealkylation sites (N-methyl/N-ethyl adjacent to an activating group) is 2. The van der Waals surface area contributed by atoms with Gasteiger partial charge in [0.25, 0.3) is 0 Å². The Bertz CT molecular complexity index is 134. The van der Waals surface area contributed by atoms with Crippen LogP contribution in [0.2, 0.25) is 0 Å². The lowest BCUT2D eigenvalue weighted by atomic mass is 10.3. The van der Waals surface area contributed by atoms with Crippen LogP contribution < -0.4 is 10.6 Å². The first kappa shape index (κ1) is 15.8. The molecule has 2 N–H and O–H groups in total. The van der Waals surface area contributed by atoms with Crippen molar-refractivity contribution in [1.29, 1.82) is 0 Å². The van der Waals surface area contributed by atoms with Gasteiger partial charge in [-0.15, -0.1) is 0 Å².